The van der Waals surface area contributed by atoms with E-state index in [-0.39, 0.29) is 0 Å². The summed E-state index contributed by atoms with van der Waals surface area (Å²) in [6.07, 6.45) is 0. The molecule has 254 valence electrons. The van der Waals surface area contributed by atoms with Crippen molar-refractivity contribution in [3.05, 3.63) is 193 Å². The van der Waals surface area contributed by atoms with Crippen molar-refractivity contribution in [1.29, 1.82) is 5.26 Å². The molecule has 0 unspecified atom stereocenters. The number of hydrogen-bond acceptors (Lipinski definition) is 1. The Morgan fingerprint density at radius 2 is 0.891 bits per heavy atom. The van der Waals surface area contributed by atoms with Crippen LogP contribution in [0, 0.1) is 17.9 Å². The summed E-state index contributed by atoms with van der Waals surface area (Å²) in [4.78, 5) is 3.74. The Balaban J connectivity index is 1.23. The van der Waals surface area contributed by atoms with E-state index in [0.717, 1.165) is 66.4 Å². The first-order chi connectivity index (χ1) is 27.2. The summed E-state index contributed by atoms with van der Waals surface area (Å²) in [6, 6.07) is 63.7. The van der Waals surface area contributed by atoms with Gasteiger partial charge in [-0.3, -0.25) is 0 Å². The van der Waals surface area contributed by atoms with Crippen LogP contribution in [0.1, 0.15) is 5.56 Å². The molecule has 0 bridgehead atoms. The molecule has 3 aromatic heterocycles. The minimum atomic E-state index is 0.584. The van der Waals surface area contributed by atoms with Crippen molar-refractivity contribution in [1.82, 2.24) is 13.7 Å². The molecule has 0 saturated carbocycles. The standard InChI is InChI=1S/C50H29N5/c1-52-33-26-28-47-40(30-33)37-16-5-9-20-43(37)53(47)46-27-25-32(31-51)29-39(46)36-15-4-10-21-44(36)55-45-22-11-6-17-38(45)50-48(23-12-24-49(50)55)54-41-18-7-2-13-34(41)35-14-3-8-19-42(35)54/h2-30H. The van der Waals surface area contributed by atoms with Crippen LogP contribution in [0.5, 0.6) is 0 Å². The van der Waals surface area contributed by atoms with Gasteiger partial charge in [0.05, 0.1) is 68.4 Å². The van der Waals surface area contributed by atoms with Gasteiger partial charge in [0.25, 0.3) is 0 Å². The van der Waals surface area contributed by atoms with Gasteiger partial charge < -0.3 is 13.7 Å². The van der Waals surface area contributed by atoms with Crippen LogP contribution in [-0.2, 0) is 0 Å². The number of nitriles is 1. The highest BCUT2D eigenvalue weighted by molar-refractivity contribution is 6.17. The van der Waals surface area contributed by atoms with E-state index in [1.165, 1.54) is 27.2 Å². The minimum Gasteiger partial charge on any atom is -0.309 e. The van der Waals surface area contributed by atoms with Crippen molar-refractivity contribution in [2.45, 2.75) is 0 Å². The normalized spacial score (nSPS) is 11.6. The average molecular weight is 700 g/mol. The predicted octanol–water partition coefficient (Wildman–Crippen LogP) is 13.1. The molecule has 5 heteroatoms. The van der Waals surface area contributed by atoms with Crippen molar-refractivity contribution < 1.29 is 0 Å². The van der Waals surface area contributed by atoms with Crippen molar-refractivity contribution in [3.8, 4) is 34.3 Å². The van der Waals surface area contributed by atoms with Gasteiger partial charge in [0.2, 0.25) is 0 Å². The third-order valence-corrected chi connectivity index (χ3v) is 11.1. The molecule has 55 heavy (non-hydrogen) atoms. The van der Waals surface area contributed by atoms with E-state index >= 15 is 0 Å². The van der Waals surface area contributed by atoms with Crippen molar-refractivity contribution >= 4 is 71.1 Å². The van der Waals surface area contributed by atoms with Crippen molar-refractivity contribution in [2.75, 3.05) is 0 Å². The van der Waals surface area contributed by atoms with Gasteiger partial charge in [-0.25, -0.2) is 4.85 Å². The number of benzene rings is 8. The average Bonchev–Trinajstić information content (AvgIpc) is 3.89. The molecule has 11 aromatic rings. The summed E-state index contributed by atoms with van der Waals surface area (Å²) in [5.74, 6) is 0. The molecule has 0 saturated heterocycles. The Morgan fingerprint density at radius 1 is 0.400 bits per heavy atom. The molecule has 0 spiro atoms. The van der Waals surface area contributed by atoms with Gasteiger partial charge in [0.1, 0.15) is 0 Å². The second-order valence-electron chi connectivity index (χ2n) is 13.9. The van der Waals surface area contributed by atoms with Gasteiger partial charge in [0, 0.05) is 38.1 Å². The summed E-state index contributed by atoms with van der Waals surface area (Å²) >= 11 is 0. The lowest BCUT2D eigenvalue weighted by Crippen LogP contribution is -2.02. The van der Waals surface area contributed by atoms with E-state index in [0.29, 0.717) is 11.3 Å². The van der Waals surface area contributed by atoms with Gasteiger partial charge in [-0.15, -0.1) is 0 Å². The van der Waals surface area contributed by atoms with Crippen molar-refractivity contribution in [3.63, 3.8) is 0 Å². The molecule has 0 atom stereocenters. The monoisotopic (exact) mass is 699 g/mol. The van der Waals surface area contributed by atoms with Gasteiger partial charge in [-0.1, -0.05) is 103 Å². The zero-order valence-electron chi connectivity index (χ0n) is 29.5. The van der Waals surface area contributed by atoms with E-state index < -0.39 is 0 Å². The molecule has 3 heterocycles. The molecule has 0 aliphatic rings. The fourth-order valence-corrected chi connectivity index (χ4v) is 8.83. The quantitative estimate of drug-likeness (QED) is 0.169. The highest BCUT2D eigenvalue weighted by Crippen LogP contribution is 2.43. The Hall–Kier alpha value is -7.86. The first-order valence-electron chi connectivity index (χ1n) is 18.3. The third kappa shape index (κ3) is 4.39. The summed E-state index contributed by atoms with van der Waals surface area (Å²) in [6.45, 7) is 7.70. The Morgan fingerprint density at radius 3 is 1.56 bits per heavy atom. The van der Waals surface area contributed by atoms with Crippen LogP contribution in [0.2, 0.25) is 0 Å². The van der Waals surface area contributed by atoms with Gasteiger partial charge in [-0.2, -0.15) is 5.26 Å². The highest BCUT2D eigenvalue weighted by atomic mass is 15.0. The van der Waals surface area contributed by atoms with Gasteiger partial charge in [0.15, 0.2) is 5.69 Å². The molecule has 11 rings (SSSR count). The zero-order valence-corrected chi connectivity index (χ0v) is 29.5. The SMILES string of the molecule is [C-]#[N+]c1ccc2c(c1)c1ccccc1n2-c1ccc(C#N)cc1-c1ccccc1-n1c2ccccc2c2c(-n3c4ccccc4c4ccccc43)cccc21. The number of fused-ring (bicyclic) bond motifs is 9. The maximum absolute atomic E-state index is 10.2. The molecular formula is C50H29N5. The molecule has 0 amide bonds. The van der Waals surface area contributed by atoms with Crippen LogP contribution in [0.25, 0.3) is 98.5 Å². The van der Waals surface area contributed by atoms with E-state index in [9.17, 15) is 5.26 Å². The summed E-state index contributed by atoms with van der Waals surface area (Å²) < 4.78 is 7.07. The Kier molecular flexibility index (Phi) is 6.61. The number of aromatic nitrogens is 3. The number of rotatable bonds is 4. The van der Waals surface area contributed by atoms with Crippen LogP contribution in [0.3, 0.4) is 0 Å². The number of nitrogens with zero attached hydrogens (tertiary/aromatic N) is 5. The van der Waals surface area contributed by atoms with Crippen LogP contribution in [-0.4, -0.2) is 13.7 Å². The largest absolute Gasteiger partial charge is 0.309 e. The van der Waals surface area contributed by atoms with E-state index in [2.05, 4.69) is 164 Å². The molecule has 0 N–H and O–H groups in total. The smallest absolute Gasteiger partial charge is 0.188 e. The maximum atomic E-state index is 10.2. The maximum Gasteiger partial charge on any atom is 0.188 e. The van der Waals surface area contributed by atoms with Crippen LogP contribution >= 0.6 is 0 Å². The highest BCUT2D eigenvalue weighted by Gasteiger charge is 2.23. The summed E-state index contributed by atoms with van der Waals surface area (Å²) in [7, 11) is 0. The molecule has 0 radical (unpaired) electrons. The topological polar surface area (TPSA) is 42.9 Å². The number of para-hydroxylation sites is 5. The third-order valence-electron chi connectivity index (χ3n) is 11.1. The Labute approximate surface area is 316 Å². The summed E-state index contributed by atoms with van der Waals surface area (Å²) in [5.41, 5.74) is 12.8. The lowest BCUT2D eigenvalue weighted by Gasteiger charge is -2.19. The first kappa shape index (κ1) is 30.7. The van der Waals surface area contributed by atoms with Crippen LogP contribution in [0.15, 0.2) is 176 Å². The van der Waals surface area contributed by atoms with Gasteiger partial charge in [-0.05, 0) is 78.2 Å². The molecule has 0 aliphatic carbocycles. The van der Waals surface area contributed by atoms with E-state index in [1.807, 2.05) is 36.4 Å². The van der Waals surface area contributed by atoms with E-state index in [4.69, 9.17) is 6.57 Å². The first-order valence-corrected chi connectivity index (χ1v) is 18.3. The van der Waals surface area contributed by atoms with Crippen molar-refractivity contribution in [2.24, 2.45) is 0 Å². The molecule has 0 aliphatic heterocycles. The second-order valence-corrected chi connectivity index (χ2v) is 13.9. The molecule has 0 fully saturated rings. The second kappa shape index (κ2) is 11.8. The van der Waals surface area contributed by atoms with Crippen LogP contribution in [0.4, 0.5) is 5.69 Å². The van der Waals surface area contributed by atoms with E-state index in [1.54, 1.807) is 0 Å². The predicted molar refractivity (Wildman–Crippen MR) is 226 cm³/mol. The number of hydrogen-bond donors (Lipinski definition) is 0. The summed E-state index contributed by atoms with van der Waals surface area (Å²) in [5, 5.41) is 17.1. The van der Waals surface area contributed by atoms with Gasteiger partial charge >= 0.3 is 0 Å². The molecular weight excluding hydrogens is 671 g/mol. The lowest BCUT2D eigenvalue weighted by molar-refractivity contribution is 1.15. The molecule has 5 nitrogen and oxygen atoms in total. The lowest BCUT2D eigenvalue weighted by atomic mass is 9.98. The minimum absolute atomic E-state index is 0.584. The zero-order chi connectivity index (χ0) is 36.6. The fourth-order valence-electron chi connectivity index (χ4n) is 8.83. The van der Waals surface area contributed by atoms with Crippen LogP contribution < -0.4 is 0 Å². The molecule has 8 aromatic carbocycles. The fraction of sp³-hybridized carbons (Fsp3) is 0. The Bertz CT molecular complexity index is 3420.